The Morgan fingerprint density at radius 3 is 2.82 bits per heavy atom. The first-order valence-corrected chi connectivity index (χ1v) is 6.01. The van der Waals surface area contributed by atoms with Crippen LogP contribution in [0.25, 0.3) is 0 Å². The Morgan fingerprint density at radius 2 is 2.24 bits per heavy atom. The third kappa shape index (κ3) is 2.36. The van der Waals surface area contributed by atoms with Gasteiger partial charge in [0.1, 0.15) is 11.3 Å². The maximum absolute atomic E-state index is 9.41. The molecule has 0 spiro atoms. The van der Waals surface area contributed by atoms with Crippen LogP contribution in [-0.4, -0.2) is 12.6 Å². The van der Waals surface area contributed by atoms with Crippen LogP contribution in [0.1, 0.15) is 26.2 Å². The fourth-order valence-corrected chi connectivity index (χ4v) is 2.54. The molecule has 1 N–H and O–H groups in total. The Hall–Kier alpha value is -1.69. The van der Waals surface area contributed by atoms with Gasteiger partial charge in [0, 0.05) is 0 Å². The summed E-state index contributed by atoms with van der Waals surface area (Å²) in [4.78, 5) is 0. The second-order valence-corrected chi connectivity index (χ2v) is 4.87. The number of rotatable bonds is 3. The molecule has 3 heteroatoms. The quantitative estimate of drug-likeness (QED) is 0.867. The van der Waals surface area contributed by atoms with E-state index in [0.29, 0.717) is 5.92 Å². The molecule has 0 heterocycles. The van der Waals surface area contributed by atoms with Gasteiger partial charge in [-0.25, -0.2) is 0 Å². The van der Waals surface area contributed by atoms with E-state index >= 15 is 0 Å². The third-order valence-corrected chi connectivity index (χ3v) is 3.46. The van der Waals surface area contributed by atoms with Gasteiger partial charge in [0.25, 0.3) is 0 Å². The summed E-state index contributed by atoms with van der Waals surface area (Å²) in [6.07, 6.45) is 2.92. The van der Waals surface area contributed by atoms with Crippen LogP contribution >= 0.6 is 0 Å². The number of hydrogen-bond donors (Lipinski definition) is 1. The average Bonchev–Trinajstić information content (AvgIpc) is 2.72. The third-order valence-electron chi connectivity index (χ3n) is 3.46. The molecule has 0 bridgehead atoms. The highest BCUT2D eigenvalue weighted by molar-refractivity contribution is 5.59. The molecule has 17 heavy (non-hydrogen) atoms. The van der Waals surface area contributed by atoms with Gasteiger partial charge in [-0.1, -0.05) is 19.1 Å². The van der Waals surface area contributed by atoms with Crippen LogP contribution in [0.15, 0.2) is 24.3 Å². The van der Waals surface area contributed by atoms with Gasteiger partial charge in [0.05, 0.1) is 18.9 Å². The van der Waals surface area contributed by atoms with Gasteiger partial charge in [0.2, 0.25) is 0 Å². The van der Waals surface area contributed by atoms with Crippen molar-refractivity contribution in [3.05, 3.63) is 24.3 Å². The minimum Gasteiger partial charge on any atom is -0.495 e. The molecule has 1 aliphatic carbocycles. The Morgan fingerprint density at radius 1 is 1.47 bits per heavy atom. The van der Waals surface area contributed by atoms with E-state index in [1.54, 1.807) is 7.11 Å². The second-order valence-electron chi connectivity index (χ2n) is 4.87. The van der Waals surface area contributed by atoms with Gasteiger partial charge in [-0.2, -0.15) is 5.26 Å². The minimum atomic E-state index is -0.423. The Labute approximate surface area is 102 Å². The predicted molar refractivity (Wildman–Crippen MR) is 68.0 cm³/mol. The van der Waals surface area contributed by atoms with E-state index in [-0.39, 0.29) is 0 Å². The Balaban J connectivity index is 2.22. The van der Waals surface area contributed by atoms with Gasteiger partial charge in [-0.3, -0.25) is 0 Å². The van der Waals surface area contributed by atoms with Gasteiger partial charge >= 0.3 is 0 Å². The van der Waals surface area contributed by atoms with Crippen LogP contribution in [0, 0.1) is 17.2 Å². The molecule has 1 aromatic rings. The van der Waals surface area contributed by atoms with Crippen LogP contribution in [0.3, 0.4) is 0 Å². The van der Waals surface area contributed by atoms with Crippen molar-refractivity contribution in [1.82, 2.24) is 0 Å². The van der Waals surface area contributed by atoms with Crippen molar-refractivity contribution in [3.63, 3.8) is 0 Å². The van der Waals surface area contributed by atoms with Crippen molar-refractivity contribution in [2.24, 2.45) is 5.92 Å². The molecule has 1 aromatic carbocycles. The minimum absolute atomic E-state index is 0.423. The summed E-state index contributed by atoms with van der Waals surface area (Å²) in [5, 5.41) is 12.8. The standard InChI is InChI=1S/C14H18N2O/c1-11-7-8-14(9-11,10-15)16-12-5-3-4-6-13(12)17-2/h3-6,11,16H,7-9H2,1-2H3. The summed E-state index contributed by atoms with van der Waals surface area (Å²) in [6, 6.07) is 10.2. The number of anilines is 1. The van der Waals surface area contributed by atoms with E-state index in [4.69, 9.17) is 4.74 Å². The monoisotopic (exact) mass is 230 g/mol. The number of nitrogens with one attached hydrogen (secondary N) is 1. The largest absolute Gasteiger partial charge is 0.495 e. The predicted octanol–water partition coefficient (Wildman–Crippen LogP) is 3.19. The lowest BCUT2D eigenvalue weighted by Crippen LogP contribution is -2.33. The zero-order valence-electron chi connectivity index (χ0n) is 10.4. The summed E-state index contributed by atoms with van der Waals surface area (Å²) in [6.45, 7) is 2.20. The highest BCUT2D eigenvalue weighted by atomic mass is 16.5. The van der Waals surface area contributed by atoms with Crippen LogP contribution in [-0.2, 0) is 0 Å². The zero-order valence-corrected chi connectivity index (χ0v) is 10.4. The van der Waals surface area contributed by atoms with Crippen molar-refractivity contribution in [2.45, 2.75) is 31.7 Å². The first-order valence-electron chi connectivity index (χ1n) is 6.01. The SMILES string of the molecule is COc1ccccc1NC1(C#N)CCC(C)C1. The summed E-state index contributed by atoms with van der Waals surface area (Å²) in [5.74, 6) is 1.40. The molecular formula is C14H18N2O. The van der Waals surface area contributed by atoms with Crippen LogP contribution in [0.2, 0.25) is 0 Å². The zero-order chi connectivity index (χ0) is 12.3. The van der Waals surface area contributed by atoms with E-state index in [0.717, 1.165) is 30.7 Å². The molecule has 1 saturated carbocycles. The Bertz CT molecular complexity index is 438. The highest BCUT2D eigenvalue weighted by Crippen LogP contribution is 2.38. The number of nitrogens with zero attached hydrogens (tertiary/aromatic N) is 1. The van der Waals surface area contributed by atoms with Gasteiger partial charge in [-0.05, 0) is 37.3 Å². The van der Waals surface area contributed by atoms with Crippen molar-refractivity contribution in [2.75, 3.05) is 12.4 Å². The average molecular weight is 230 g/mol. The molecule has 0 amide bonds. The number of ether oxygens (including phenoxy) is 1. The number of benzene rings is 1. The molecule has 0 radical (unpaired) electrons. The fraction of sp³-hybridized carbons (Fsp3) is 0.500. The first-order chi connectivity index (χ1) is 8.19. The van der Waals surface area contributed by atoms with Crippen molar-refractivity contribution in [3.8, 4) is 11.8 Å². The van der Waals surface area contributed by atoms with E-state index < -0.39 is 5.54 Å². The molecule has 0 aliphatic heterocycles. The molecule has 2 rings (SSSR count). The van der Waals surface area contributed by atoms with Crippen LogP contribution < -0.4 is 10.1 Å². The van der Waals surface area contributed by atoms with E-state index in [2.05, 4.69) is 18.3 Å². The van der Waals surface area contributed by atoms with E-state index in [9.17, 15) is 5.26 Å². The van der Waals surface area contributed by atoms with Crippen molar-refractivity contribution >= 4 is 5.69 Å². The molecule has 2 atom stereocenters. The van der Waals surface area contributed by atoms with Gasteiger partial charge in [0.15, 0.2) is 0 Å². The maximum atomic E-state index is 9.41. The molecular weight excluding hydrogens is 212 g/mol. The van der Waals surface area contributed by atoms with Crippen LogP contribution in [0.4, 0.5) is 5.69 Å². The molecule has 1 fully saturated rings. The van der Waals surface area contributed by atoms with Gasteiger partial charge in [-0.15, -0.1) is 0 Å². The Kier molecular flexibility index (Phi) is 3.23. The fourth-order valence-electron chi connectivity index (χ4n) is 2.54. The lowest BCUT2D eigenvalue weighted by Gasteiger charge is -2.25. The number of para-hydroxylation sites is 2. The highest BCUT2D eigenvalue weighted by Gasteiger charge is 2.38. The molecule has 3 nitrogen and oxygen atoms in total. The van der Waals surface area contributed by atoms with Crippen molar-refractivity contribution < 1.29 is 4.74 Å². The lowest BCUT2D eigenvalue weighted by molar-refractivity contribution is 0.415. The number of nitriles is 1. The topological polar surface area (TPSA) is 45.0 Å². The number of methoxy groups -OCH3 is 1. The smallest absolute Gasteiger partial charge is 0.141 e. The molecule has 0 aromatic heterocycles. The summed E-state index contributed by atoms with van der Waals surface area (Å²) >= 11 is 0. The summed E-state index contributed by atoms with van der Waals surface area (Å²) < 4.78 is 5.30. The summed E-state index contributed by atoms with van der Waals surface area (Å²) in [5.41, 5.74) is 0.485. The van der Waals surface area contributed by atoms with E-state index in [1.165, 1.54) is 0 Å². The lowest BCUT2D eigenvalue weighted by atomic mass is 9.97. The van der Waals surface area contributed by atoms with Crippen molar-refractivity contribution in [1.29, 1.82) is 5.26 Å². The molecule has 0 saturated heterocycles. The number of hydrogen-bond acceptors (Lipinski definition) is 3. The van der Waals surface area contributed by atoms with E-state index in [1.807, 2.05) is 24.3 Å². The first kappa shape index (κ1) is 11.8. The van der Waals surface area contributed by atoms with Gasteiger partial charge < -0.3 is 10.1 Å². The molecule has 90 valence electrons. The summed E-state index contributed by atoms with van der Waals surface area (Å²) in [7, 11) is 1.65. The maximum Gasteiger partial charge on any atom is 0.141 e. The molecule has 1 aliphatic rings. The normalized spacial score (nSPS) is 27.5. The second kappa shape index (κ2) is 4.67. The molecule has 2 unspecified atom stereocenters. The van der Waals surface area contributed by atoms with Crippen LogP contribution in [0.5, 0.6) is 5.75 Å².